The van der Waals surface area contributed by atoms with Crippen LogP contribution in [0.15, 0.2) is 48.7 Å². The second-order valence-electron chi connectivity index (χ2n) is 7.61. The standard InChI is InChI=1S/C20H23N7O2/c1-20(2,3)27-24-17(23-25-27)18(28)22-16-11-10-15(12-21-16)19(29)26(4)13-14-8-6-5-7-9-14/h5-12H,13H2,1-4H3,(H,21,22,28). The number of hydrogen-bond donors (Lipinski definition) is 1. The first-order valence-corrected chi connectivity index (χ1v) is 9.11. The van der Waals surface area contributed by atoms with E-state index in [0.29, 0.717) is 17.9 Å². The maximum atomic E-state index is 12.6. The summed E-state index contributed by atoms with van der Waals surface area (Å²) in [4.78, 5) is 32.0. The number of carbonyl (C=O) groups excluding carboxylic acids is 2. The van der Waals surface area contributed by atoms with Gasteiger partial charge in [-0.1, -0.05) is 30.3 Å². The Hall–Kier alpha value is -3.62. The summed E-state index contributed by atoms with van der Waals surface area (Å²) < 4.78 is 0. The summed E-state index contributed by atoms with van der Waals surface area (Å²) in [7, 11) is 1.73. The Kier molecular flexibility index (Phi) is 5.67. The lowest BCUT2D eigenvalue weighted by Crippen LogP contribution is -2.26. The molecule has 0 saturated carbocycles. The van der Waals surface area contributed by atoms with E-state index >= 15 is 0 Å². The SMILES string of the molecule is CN(Cc1ccccc1)C(=O)c1ccc(NC(=O)c2nnn(C(C)(C)C)n2)nc1. The van der Waals surface area contributed by atoms with Crippen molar-refractivity contribution in [3.63, 3.8) is 0 Å². The van der Waals surface area contributed by atoms with Gasteiger partial charge in [-0.3, -0.25) is 9.59 Å². The molecular formula is C20H23N7O2. The molecule has 0 spiro atoms. The van der Waals surface area contributed by atoms with Gasteiger partial charge in [0.1, 0.15) is 5.82 Å². The number of amides is 2. The molecule has 9 heteroatoms. The summed E-state index contributed by atoms with van der Waals surface area (Å²) >= 11 is 0. The molecule has 2 amide bonds. The molecule has 1 aromatic carbocycles. The minimum Gasteiger partial charge on any atom is -0.337 e. The van der Waals surface area contributed by atoms with E-state index in [0.717, 1.165) is 5.56 Å². The molecule has 2 aromatic heterocycles. The maximum absolute atomic E-state index is 12.6. The van der Waals surface area contributed by atoms with Gasteiger partial charge in [-0.2, -0.15) is 4.80 Å². The average molecular weight is 393 g/mol. The van der Waals surface area contributed by atoms with Gasteiger partial charge >= 0.3 is 0 Å². The number of benzene rings is 1. The number of nitrogens with one attached hydrogen (secondary N) is 1. The second-order valence-corrected chi connectivity index (χ2v) is 7.61. The highest BCUT2D eigenvalue weighted by molar-refractivity contribution is 6.01. The Morgan fingerprint density at radius 1 is 1.10 bits per heavy atom. The molecule has 3 aromatic rings. The van der Waals surface area contributed by atoms with Crippen LogP contribution in [0, 0.1) is 0 Å². The summed E-state index contributed by atoms with van der Waals surface area (Å²) in [5, 5.41) is 14.3. The largest absolute Gasteiger partial charge is 0.337 e. The summed E-state index contributed by atoms with van der Waals surface area (Å²) in [6.07, 6.45) is 1.43. The van der Waals surface area contributed by atoms with Gasteiger partial charge in [0.05, 0.1) is 11.1 Å². The summed E-state index contributed by atoms with van der Waals surface area (Å²) in [5.41, 5.74) is 1.09. The number of pyridine rings is 1. The van der Waals surface area contributed by atoms with Crippen molar-refractivity contribution in [2.45, 2.75) is 32.9 Å². The van der Waals surface area contributed by atoms with Gasteiger partial charge in [0.15, 0.2) is 0 Å². The maximum Gasteiger partial charge on any atom is 0.298 e. The smallest absolute Gasteiger partial charge is 0.298 e. The fourth-order valence-corrected chi connectivity index (χ4v) is 2.51. The number of carbonyl (C=O) groups is 2. The predicted octanol–water partition coefficient (Wildman–Crippen LogP) is 2.35. The Bertz CT molecular complexity index is 992. The van der Waals surface area contributed by atoms with E-state index in [1.165, 1.54) is 11.0 Å². The number of anilines is 1. The Morgan fingerprint density at radius 2 is 1.83 bits per heavy atom. The zero-order chi connectivity index (χ0) is 21.0. The van der Waals surface area contributed by atoms with Crippen LogP contribution in [0.1, 0.15) is 47.3 Å². The van der Waals surface area contributed by atoms with Crippen molar-refractivity contribution in [3.05, 3.63) is 65.6 Å². The normalized spacial score (nSPS) is 11.2. The van der Waals surface area contributed by atoms with Crippen molar-refractivity contribution in [3.8, 4) is 0 Å². The molecule has 2 heterocycles. The van der Waals surface area contributed by atoms with Crippen molar-refractivity contribution >= 4 is 17.6 Å². The van der Waals surface area contributed by atoms with Crippen molar-refractivity contribution in [1.29, 1.82) is 0 Å². The fourth-order valence-electron chi connectivity index (χ4n) is 2.51. The fraction of sp³-hybridized carbons (Fsp3) is 0.300. The van der Waals surface area contributed by atoms with Crippen LogP contribution in [-0.2, 0) is 12.1 Å². The zero-order valence-corrected chi connectivity index (χ0v) is 16.8. The second kappa shape index (κ2) is 8.17. The van der Waals surface area contributed by atoms with Crippen LogP contribution in [0.3, 0.4) is 0 Å². The molecule has 0 bridgehead atoms. The number of tetrazole rings is 1. The van der Waals surface area contributed by atoms with Gasteiger partial charge in [-0.15, -0.1) is 10.2 Å². The predicted molar refractivity (Wildman–Crippen MR) is 107 cm³/mol. The van der Waals surface area contributed by atoms with E-state index in [-0.39, 0.29) is 17.3 Å². The first-order valence-electron chi connectivity index (χ1n) is 9.11. The average Bonchev–Trinajstić information content (AvgIpc) is 3.20. The van der Waals surface area contributed by atoms with Crippen LogP contribution < -0.4 is 5.32 Å². The third-order valence-corrected chi connectivity index (χ3v) is 4.08. The molecule has 0 saturated heterocycles. The van der Waals surface area contributed by atoms with Gasteiger partial charge < -0.3 is 10.2 Å². The molecule has 0 aliphatic carbocycles. The van der Waals surface area contributed by atoms with E-state index in [1.54, 1.807) is 24.1 Å². The summed E-state index contributed by atoms with van der Waals surface area (Å²) in [5.74, 6) is -0.434. The third-order valence-electron chi connectivity index (χ3n) is 4.08. The van der Waals surface area contributed by atoms with Crippen molar-refractivity contribution in [2.24, 2.45) is 0 Å². The lowest BCUT2D eigenvalue weighted by Gasteiger charge is -2.17. The van der Waals surface area contributed by atoms with Gasteiger partial charge in [0, 0.05) is 19.8 Å². The Balaban J connectivity index is 1.63. The minimum absolute atomic E-state index is 0.0514. The van der Waals surface area contributed by atoms with Gasteiger partial charge in [-0.25, -0.2) is 4.98 Å². The number of nitrogens with zero attached hydrogens (tertiary/aromatic N) is 6. The van der Waals surface area contributed by atoms with Crippen LogP contribution in [-0.4, -0.2) is 49.0 Å². The lowest BCUT2D eigenvalue weighted by molar-refractivity contribution is 0.0784. The summed E-state index contributed by atoms with van der Waals surface area (Å²) in [6, 6.07) is 12.9. The topological polar surface area (TPSA) is 106 Å². The molecule has 0 unspecified atom stereocenters. The molecule has 1 N–H and O–H groups in total. The zero-order valence-electron chi connectivity index (χ0n) is 16.8. The monoisotopic (exact) mass is 393 g/mol. The number of aromatic nitrogens is 5. The highest BCUT2D eigenvalue weighted by Crippen LogP contribution is 2.12. The van der Waals surface area contributed by atoms with Crippen LogP contribution in [0.25, 0.3) is 0 Å². The van der Waals surface area contributed by atoms with Crippen LogP contribution in [0.2, 0.25) is 0 Å². The van der Waals surface area contributed by atoms with E-state index in [1.807, 2.05) is 51.1 Å². The molecule has 0 fully saturated rings. The Morgan fingerprint density at radius 3 is 2.41 bits per heavy atom. The molecule has 0 aliphatic heterocycles. The Labute approximate surface area is 168 Å². The van der Waals surface area contributed by atoms with Crippen molar-refractivity contribution in [1.82, 2.24) is 30.1 Å². The molecule has 0 atom stereocenters. The van der Waals surface area contributed by atoms with Gasteiger partial charge in [0.2, 0.25) is 0 Å². The molecule has 0 aliphatic rings. The van der Waals surface area contributed by atoms with Crippen LogP contribution in [0.4, 0.5) is 5.82 Å². The molecular weight excluding hydrogens is 370 g/mol. The van der Waals surface area contributed by atoms with Crippen LogP contribution in [0.5, 0.6) is 0 Å². The molecule has 29 heavy (non-hydrogen) atoms. The highest BCUT2D eigenvalue weighted by Gasteiger charge is 2.20. The van der Waals surface area contributed by atoms with Crippen LogP contribution >= 0.6 is 0 Å². The lowest BCUT2D eigenvalue weighted by atomic mass is 10.1. The molecule has 0 radical (unpaired) electrons. The van der Waals surface area contributed by atoms with E-state index < -0.39 is 5.91 Å². The highest BCUT2D eigenvalue weighted by atomic mass is 16.2. The quantitative estimate of drug-likeness (QED) is 0.713. The number of hydrogen-bond acceptors (Lipinski definition) is 6. The van der Waals surface area contributed by atoms with E-state index in [2.05, 4.69) is 25.7 Å². The molecule has 9 nitrogen and oxygen atoms in total. The van der Waals surface area contributed by atoms with E-state index in [9.17, 15) is 9.59 Å². The third kappa shape index (κ3) is 5.01. The molecule has 150 valence electrons. The first kappa shape index (κ1) is 20.1. The first-order chi connectivity index (χ1) is 13.7. The van der Waals surface area contributed by atoms with Crippen molar-refractivity contribution in [2.75, 3.05) is 12.4 Å². The van der Waals surface area contributed by atoms with Gasteiger partial charge in [0.25, 0.3) is 17.6 Å². The molecule has 3 rings (SSSR count). The van der Waals surface area contributed by atoms with E-state index in [4.69, 9.17) is 0 Å². The number of rotatable bonds is 5. The van der Waals surface area contributed by atoms with Gasteiger partial charge in [-0.05, 0) is 43.7 Å². The summed E-state index contributed by atoms with van der Waals surface area (Å²) in [6.45, 7) is 6.21. The minimum atomic E-state index is -0.520. The van der Waals surface area contributed by atoms with Crippen molar-refractivity contribution < 1.29 is 9.59 Å².